The molecule has 3 heteroatoms. The van der Waals surface area contributed by atoms with Crippen LogP contribution in [0.5, 0.6) is 0 Å². The van der Waals surface area contributed by atoms with Crippen LogP contribution in [0, 0.1) is 5.92 Å². The second kappa shape index (κ2) is 6.11. The minimum atomic E-state index is 0.211. The third-order valence-corrected chi connectivity index (χ3v) is 3.23. The standard InChI is InChI=1S/C12H24N2O/c1-4-5-8-14(3)12(15)11-7-6-10(2)13-9-11/h10-11,13H,4-9H2,1-3H3. The molecule has 2 unspecified atom stereocenters. The molecule has 0 aromatic carbocycles. The molecule has 15 heavy (non-hydrogen) atoms. The molecule has 1 amide bonds. The normalized spacial score (nSPS) is 26.3. The van der Waals surface area contributed by atoms with Crippen molar-refractivity contribution < 1.29 is 4.79 Å². The molecule has 0 aromatic heterocycles. The molecular weight excluding hydrogens is 188 g/mol. The van der Waals surface area contributed by atoms with Crippen LogP contribution in [0.2, 0.25) is 0 Å². The molecule has 1 aliphatic rings. The first-order valence-corrected chi connectivity index (χ1v) is 6.13. The first-order chi connectivity index (χ1) is 7.15. The zero-order valence-electron chi connectivity index (χ0n) is 10.3. The van der Waals surface area contributed by atoms with E-state index in [1.165, 1.54) is 0 Å². The van der Waals surface area contributed by atoms with Crippen LogP contribution < -0.4 is 5.32 Å². The van der Waals surface area contributed by atoms with E-state index in [9.17, 15) is 4.79 Å². The summed E-state index contributed by atoms with van der Waals surface area (Å²) >= 11 is 0. The average Bonchev–Trinajstić information content (AvgIpc) is 2.26. The van der Waals surface area contributed by atoms with E-state index in [4.69, 9.17) is 0 Å². The topological polar surface area (TPSA) is 32.3 Å². The molecule has 1 fully saturated rings. The van der Waals surface area contributed by atoms with Crippen LogP contribution >= 0.6 is 0 Å². The van der Waals surface area contributed by atoms with Crippen molar-refractivity contribution in [3.63, 3.8) is 0 Å². The van der Waals surface area contributed by atoms with Crippen molar-refractivity contribution in [2.75, 3.05) is 20.1 Å². The minimum absolute atomic E-state index is 0.211. The summed E-state index contributed by atoms with van der Waals surface area (Å²) in [6.45, 7) is 6.10. The fraction of sp³-hybridized carbons (Fsp3) is 0.917. The van der Waals surface area contributed by atoms with Gasteiger partial charge in [-0.05, 0) is 26.2 Å². The lowest BCUT2D eigenvalue weighted by Crippen LogP contribution is -2.44. The summed E-state index contributed by atoms with van der Waals surface area (Å²) < 4.78 is 0. The molecule has 0 spiro atoms. The van der Waals surface area contributed by atoms with Gasteiger partial charge in [0.25, 0.3) is 0 Å². The highest BCUT2D eigenvalue weighted by molar-refractivity contribution is 5.78. The molecule has 1 N–H and O–H groups in total. The van der Waals surface area contributed by atoms with Gasteiger partial charge in [-0.2, -0.15) is 0 Å². The molecule has 0 aromatic rings. The second-order valence-corrected chi connectivity index (χ2v) is 4.70. The summed E-state index contributed by atoms with van der Waals surface area (Å²) in [5.41, 5.74) is 0. The van der Waals surface area contributed by atoms with Gasteiger partial charge in [-0.25, -0.2) is 0 Å². The highest BCUT2D eigenvalue weighted by Gasteiger charge is 2.25. The predicted molar refractivity (Wildman–Crippen MR) is 62.7 cm³/mol. The Kier molecular flexibility index (Phi) is 5.09. The van der Waals surface area contributed by atoms with E-state index < -0.39 is 0 Å². The Balaban J connectivity index is 2.32. The fourth-order valence-electron chi connectivity index (χ4n) is 2.03. The van der Waals surface area contributed by atoms with Crippen LogP contribution in [0.1, 0.15) is 39.5 Å². The fourth-order valence-corrected chi connectivity index (χ4v) is 2.03. The Morgan fingerprint density at radius 1 is 1.47 bits per heavy atom. The van der Waals surface area contributed by atoms with Crippen LogP contribution in [0.15, 0.2) is 0 Å². The predicted octanol–water partition coefficient (Wildman–Crippen LogP) is 1.63. The van der Waals surface area contributed by atoms with Crippen LogP contribution in [0.25, 0.3) is 0 Å². The van der Waals surface area contributed by atoms with Crippen molar-refractivity contribution in [1.29, 1.82) is 0 Å². The van der Waals surface area contributed by atoms with Crippen LogP contribution in [-0.4, -0.2) is 37.0 Å². The lowest BCUT2D eigenvalue weighted by Gasteiger charge is -2.30. The summed E-state index contributed by atoms with van der Waals surface area (Å²) in [5.74, 6) is 0.533. The van der Waals surface area contributed by atoms with Gasteiger partial charge in [0.2, 0.25) is 5.91 Å². The second-order valence-electron chi connectivity index (χ2n) is 4.70. The lowest BCUT2D eigenvalue weighted by atomic mass is 9.94. The van der Waals surface area contributed by atoms with E-state index in [0.717, 1.165) is 38.8 Å². The summed E-state index contributed by atoms with van der Waals surface area (Å²) in [6.07, 6.45) is 4.43. The molecular formula is C12H24N2O. The van der Waals surface area contributed by atoms with E-state index in [1.54, 1.807) is 0 Å². The van der Waals surface area contributed by atoms with Crippen molar-refractivity contribution in [3.8, 4) is 0 Å². The van der Waals surface area contributed by atoms with E-state index in [0.29, 0.717) is 11.9 Å². The van der Waals surface area contributed by atoms with Gasteiger partial charge >= 0.3 is 0 Å². The number of amides is 1. The Morgan fingerprint density at radius 2 is 2.20 bits per heavy atom. The average molecular weight is 212 g/mol. The number of hydrogen-bond donors (Lipinski definition) is 1. The number of unbranched alkanes of at least 4 members (excludes halogenated alkanes) is 1. The summed E-state index contributed by atoms with van der Waals surface area (Å²) in [5, 5.41) is 3.38. The molecule has 88 valence electrons. The maximum Gasteiger partial charge on any atom is 0.226 e. The van der Waals surface area contributed by atoms with Gasteiger partial charge in [-0.1, -0.05) is 13.3 Å². The first kappa shape index (κ1) is 12.5. The van der Waals surface area contributed by atoms with E-state index >= 15 is 0 Å². The van der Waals surface area contributed by atoms with Crippen molar-refractivity contribution in [2.45, 2.75) is 45.6 Å². The first-order valence-electron chi connectivity index (χ1n) is 6.13. The van der Waals surface area contributed by atoms with Crippen LogP contribution in [0.4, 0.5) is 0 Å². The summed E-state index contributed by atoms with van der Waals surface area (Å²) in [7, 11) is 1.93. The Morgan fingerprint density at radius 3 is 2.73 bits per heavy atom. The van der Waals surface area contributed by atoms with Gasteiger partial charge in [0.05, 0.1) is 5.92 Å². The third-order valence-electron chi connectivity index (χ3n) is 3.23. The number of rotatable bonds is 4. The van der Waals surface area contributed by atoms with E-state index in [2.05, 4.69) is 19.2 Å². The molecule has 0 saturated carbocycles. The van der Waals surface area contributed by atoms with Crippen molar-refractivity contribution >= 4 is 5.91 Å². The van der Waals surface area contributed by atoms with E-state index in [-0.39, 0.29) is 5.92 Å². The number of carbonyl (C=O) groups is 1. The molecule has 0 aliphatic carbocycles. The highest BCUT2D eigenvalue weighted by atomic mass is 16.2. The number of hydrogen-bond acceptors (Lipinski definition) is 2. The maximum atomic E-state index is 12.0. The quantitative estimate of drug-likeness (QED) is 0.768. The Hall–Kier alpha value is -0.570. The molecule has 0 bridgehead atoms. The third kappa shape index (κ3) is 3.82. The van der Waals surface area contributed by atoms with Gasteiger partial charge < -0.3 is 10.2 Å². The number of nitrogens with zero attached hydrogens (tertiary/aromatic N) is 1. The largest absolute Gasteiger partial charge is 0.345 e. The monoisotopic (exact) mass is 212 g/mol. The number of nitrogens with one attached hydrogen (secondary N) is 1. The van der Waals surface area contributed by atoms with Gasteiger partial charge in [0.15, 0.2) is 0 Å². The number of carbonyl (C=O) groups excluding carboxylic acids is 1. The lowest BCUT2D eigenvalue weighted by molar-refractivity contribution is -0.134. The molecule has 1 heterocycles. The summed E-state index contributed by atoms with van der Waals surface area (Å²) in [4.78, 5) is 13.9. The zero-order chi connectivity index (χ0) is 11.3. The number of piperidine rings is 1. The smallest absolute Gasteiger partial charge is 0.226 e. The minimum Gasteiger partial charge on any atom is -0.345 e. The SMILES string of the molecule is CCCCN(C)C(=O)C1CCC(C)NC1. The zero-order valence-corrected chi connectivity index (χ0v) is 10.3. The van der Waals surface area contributed by atoms with Crippen molar-refractivity contribution in [1.82, 2.24) is 10.2 Å². The van der Waals surface area contributed by atoms with E-state index in [1.807, 2.05) is 11.9 Å². The molecule has 1 aliphatic heterocycles. The molecule has 2 atom stereocenters. The van der Waals surface area contributed by atoms with Crippen molar-refractivity contribution in [3.05, 3.63) is 0 Å². The Labute approximate surface area is 93.2 Å². The summed E-state index contributed by atoms with van der Waals surface area (Å²) in [6, 6.07) is 0.579. The highest BCUT2D eigenvalue weighted by Crippen LogP contribution is 2.16. The maximum absolute atomic E-state index is 12.0. The van der Waals surface area contributed by atoms with Gasteiger partial charge in [-0.3, -0.25) is 4.79 Å². The molecule has 3 nitrogen and oxygen atoms in total. The van der Waals surface area contributed by atoms with Gasteiger partial charge in [0.1, 0.15) is 0 Å². The molecule has 1 saturated heterocycles. The van der Waals surface area contributed by atoms with Crippen LogP contribution in [-0.2, 0) is 4.79 Å². The molecule has 0 radical (unpaired) electrons. The Bertz CT molecular complexity index is 198. The van der Waals surface area contributed by atoms with Crippen LogP contribution in [0.3, 0.4) is 0 Å². The van der Waals surface area contributed by atoms with Crippen molar-refractivity contribution in [2.24, 2.45) is 5.92 Å². The van der Waals surface area contributed by atoms with Gasteiger partial charge in [0, 0.05) is 26.2 Å². The van der Waals surface area contributed by atoms with Gasteiger partial charge in [-0.15, -0.1) is 0 Å². The molecule has 1 rings (SSSR count).